The lowest BCUT2D eigenvalue weighted by atomic mass is 9.78. The fraction of sp³-hybridized carbons (Fsp3) is 0.533. The summed E-state index contributed by atoms with van der Waals surface area (Å²) in [6, 6.07) is 5.43. The van der Waals surface area contributed by atoms with Crippen molar-refractivity contribution >= 4 is 0 Å². The molecule has 1 saturated carbocycles. The molecule has 3 aliphatic rings. The molecule has 0 N–H and O–H groups in total. The minimum absolute atomic E-state index is 0.0172. The quantitative estimate of drug-likeness (QED) is 0.261. The number of fused-ring (bicyclic) bond motifs is 3. The van der Waals surface area contributed by atoms with Crippen molar-refractivity contribution in [2.24, 2.45) is 11.8 Å². The molecule has 2 aliphatic carbocycles. The van der Waals surface area contributed by atoms with Gasteiger partial charge in [-0.05, 0) is 98.2 Å². The average Bonchev–Trinajstić information content (AvgIpc) is 3.14. The predicted molar refractivity (Wildman–Crippen MR) is 134 cm³/mol. The molecule has 2 aromatic rings. The van der Waals surface area contributed by atoms with E-state index in [-0.39, 0.29) is 41.8 Å². The Morgan fingerprint density at radius 3 is 2.05 bits per heavy atom. The van der Waals surface area contributed by atoms with E-state index in [2.05, 4.69) is 13.0 Å². The van der Waals surface area contributed by atoms with Gasteiger partial charge < -0.3 is 14.2 Å². The van der Waals surface area contributed by atoms with E-state index in [1.54, 1.807) is 6.92 Å². The highest BCUT2D eigenvalue weighted by Crippen LogP contribution is 2.55. The molecule has 0 saturated heterocycles. The molecule has 0 aromatic heterocycles. The number of alkyl halides is 2. The summed E-state index contributed by atoms with van der Waals surface area (Å²) < 4.78 is 77.8. The van der Waals surface area contributed by atoms with E-state index in [0.29, 0.717) is 18.6 Å². The lowest BCUT2D eigenvalue weighted by Gasteiger charge is -2.33. The Hall–Kier alpha value is -2.54. The lowest BCUT2D eigenvalue weighted by molar-refractivity contribution is 0.0389. The summed E-state index contributed by atoms with van der Waals surface area (Å²) >= 11 is 0. The molecule has 5 rings (SSSR count). The van der Waals surface area contributed by atoms with Crippen molar-refractivity contribution in [2.75, 3.05) is 19.8 Å². The van der Waals surface area contributed by atoms with E-state index >= 15 is 13.2 Å². The Morgan fingerprint density at radius 1 is 0.892 bits per heavy atom. The fourth-order valence-corrected chi connectivity index (χ4v) is 6.02. The van der Waals surface area contributed by atoms with Gasteiger partial charge in [0, 0.05) is 0 Å². The minimum atomic E-state index is -3.82. The maximum Gasteiger partial charge on any atom is 0.305 e. The largest absolute Gasteiger partial charge is 0.491 e. The van der Waals surface area contributed by atoms with Gasteiger partial charge in [-0.1, -0.05) is 19.4 Å². The molecule has 2 aromatic carbocycles. The Morgan fingerprint density at radius 2 is 1.51 bits per heavy atom. The molecule has 1 unspecified atom stereocenters. The van der Waals surface area contributed by atoms with Crippen molar-refractivity contribution in [1.82, 2.24) is 0 Å². The molecular formula is C30H34F4O3. The zero-order chi connectivity index (χ0) is 26.2. The highest BCUT2D eigenvalue weighted by atomic mass is 19.3. The second-order valence-corrected chi connectivity index (χ2v) is 10.4. The summed E-state index contributed by atoms with van der Waals surface area (Å²) in [6.07, 6.45) is 9.78. The summed E-state index contributed by atoms with van der Waals surface area (Å²) in [4.78, 5) is 0. The van der Waals surface area contributed by atoms with Crippen molar-refractivity contribution in [2.45, 2.75) is 70.8 Å². The summed E-state index contributed by atoms with van der Waals surface area (Å²) in [7, 11) is 0. The molecule has 0 amide bonds. The second-order valence-electron chi connectivity index (χ2n) is 10.4. The number of halogens is 4. The summed E-state index contributed by atoms with van der Waals surface area (Å²) in [5.41, 5.74) is -0.326. The topological polar surface area (TPSA) is 27.7 Å². The van der Waals surface area contributed by atoms with Crippen LogP contribution in [0.5, 0.6) is 11.5 Å². The number of hydrogen-bond donors (Lipinski definition) is 0. The van der Waals surface area contributed by atoms with Crippen molar-refractivity contribution in [3.05, 3.63) is 58.7 Å². The van der Waals surface area contributed by atoms with Gasteiger partial charge >= 0.3 is 5.92 Å². The highest BCUT2D eigenvalue weighted by molar-refractivity contribution is 5.81. The summed E-state index contributed by atoms with van der Waals surface area (Å²) in [5, 5.41) is 0. The van der Waals surface area contributed by atoms with Crippen LogP contribution in [0.3, 0.4) is 0 Å². The zero-order valence-electron chi connectivity index (χ0n) is 21.4. The van der Waals surface area contributed by atoms with Crippen LogP contribution in [0.15, 0.2) is 35.9 Å². The molecule has 200 valence electrons. The van der Waals surface area contributed by atoms with Gasteiger partial charge in [0.25, 0.3) is 0 Å². The van der Waals surface area contributed by atoms with Crippen molar-refractivity contribution < 1.29 is 31.8 Å². The van der Waals surface area contributed by atoms with Crippen molar-refractivity contribution in [3.8, 4) is 22.6 Å². The van der Waals surface area contributed by atoms with E-state index in [4.69, 9.17) is 14.2 Å². The molecule has 1 fully saturated rings. The molecule has 7 heteroatoms. The molecule has 0 bridgehead atoms. The first-order chi connectivity index (χ1) is 17.8. The van der Waals surface area contributed by atoms with Crippen LogP contribution in [0.25, 0.3) is 11.1 Å². The van der Waals surface area contributed by atoms with Gasteiger partial charge in [0.2, 0.25) is 0 Å². The minimum Gasteiger partial charge on any atom is -0.491 e. The monoisotopic (exact) mass is 518 g/mol. The van der Waals surface area contributed by atoms with E-state index in [9.17, 15) is 4.39 Å². The third-order valence-electron chi connectivity index (χ3n) is 8.02. The Kier molecular flexibility index (Phi) is 7.53. The first-order valence-electron chi connectivity index (χ1n) is 13.4. The van der Waals surface area contributed by atoms with E-state index < -0.39 is 28.7 Å². The fourth-order valence-electron chi connectivity index (χ4n) is 6.02. The summed E-state index contributed by atoms with van der Waals surface area (Å²) in [5.74, 6) is -5.86. The van der Waals surface area contributed by atoms with Crippen molar-refractivity contribution in [1.29, 1.82) is 0 Å². The van der Waals surface area contributed by atoms with Crippen LogP contribution in [0.2, 0.25) is 0 Å². The first kappa shape index (κ1) is 26.1. The lowest BCUT2D eigenvalue weighted by Crippen LogP contribution is -2.26. The molecule has 1 heterocycles. The highest BCUT2D eigenvalue weighted by Gasteiger charge is 2.50. The normalized spacial score (nSPS) is 24.3. The van der Waals surface area contributed by atoms with E-state index in [0.717, 1.165) is 44.9 Å². The third kappa shape index (κ3) is 4.87. The van der Waals surface area contributed by atoms with E-state index in [1.165, 1.54) is 29.8 Å². The Labute approximate surface area is 215 Å². The molecule has 1 atom stereocenters. The van der Waals surface area contributed by atoms with Crippen LogP contribution in [-0.2, 0) is 10.7 Å². The van der Waals surface area contributed by atoms with Gasteiger partial charge in [0.1, 0.15) is 0 Å². The maximum atomic E-state index is 15.4. The molecule has 37 heavy (non-hydrogen) atoms. The average molecular weight is 519 g/mol. The SMILES string of the molecule is CCCC1CC=C(C2CCC(COc3ccc4c(c3F)C(F)(F)c3c-4ccc(OCC)c3F)CC2)CO1. The Balaban J connectivity index is 1.24. The molecule has 0 spiro atoms. The molecule has 1 aliphatic heterocycles. The van der Waals surface area contributed by atoms with Gasteiger partial charge in [-0.15, -0.1) is 0 Å². The van der Waals surface area contributed by atoms with Crippen LogP contribution in [0.1, 0.15) is 69.9 Å². The number of hydrogen-bond acceptors (Lipinski definition) is 3. The zero-order valence-corrected chi connectivity index (χ0v) is 21.4. The molecule has 0 radical (unpaired) electrons. The maximum absolute atomic E-state index is 15.4. The predicted octanol–water partition coefficient (Wildman–Crippen LogP) is 8.18. The van der Waals surface area contributed by atoms with Gasteiger partial charge in [-0.3, -0.25) is 0 Å². The number of rotatable bonds is 8. The third-order valence-corrected chi connectivity index (χ3v) is 8.02. The smallest absolute Gasteiger partial charge is 0.305 e. The summed E-state index contributed by atoms with van der Waals surface area (Å²) in [6.45, 7) is 4.91. The van der Waals surface area contributed by atoms with Gasteiger partial charge in [-0.2, -0.15) is 8.78 Å². The van der Waals surface area contributed by atoms with E-state index in [1.807, 2.05) is 0 Å². The van der Waals surface area contributed by atoms with Crippen LogP contribution < -0.4 is 9.47 Å². The molecular weight excluding hydrogens is 484 g/mol. The number of ether oxygens (including phenoxy) is 3. The van der Waals surface area contributed by atoms with Gasteiger partial charge in [-0.25, -0.2) is 8.78 Å². The van der Waals surface area contributed by atoms with Crippen molar-refractivity contribution in [3.63, 3.8) is 0 Å². The van der Waals surface area contributed by atoms with Gasteiger partial charge in [0.15, 0.2) is 23.1 Å². The number of benzene rings is 2. The second kappa shape index (κ2) is 10.7. The standard InChI is InChI=1S/C30H34F4O3/c1-3-5-21-11-10-20(17-36-21)19-8-6-18(7-9-19)16-37-25-15-13-23-22-12-14-24(35-4-2)28(31)26(22)30(33,34)27(23)29(25)32/h10,12-15,18-19,21H,3-9,11,16-17H2,1-2H3. The van der Waals surface area contributed by atoms with Crippen LogP contribution in [0, 0.1) is 23.5 Å². The Bertz CT molecular complexity index is 1170. The van der Waals surface area contributed by atoms with Gasteiger partial charge in [0.05, 0.1) is 37.1 Å². The molecule has 3 nitrogen and oxygen atoms in total. The van der Waals surface area contributed by atoms with Crippen LogP contribution in [0.4, 0.5) is 17.6 Å². The van der Waals surface area contributed by atoms with Crippen LogP contribution in [-0.4, -0.2) is 25.9 Å². The first-order valence-corrected chi connectivity index (χ1v) is 13.4. The van der Waals surface area contributed by atoms with Crippen LogP contribution >= 0.6 is 0 Å².